The molecule has 0 fully saturated rings. The fraction of sp³-hybridized carbons (Fsp3) is 0.571. The summed E-state index contributed by atoms with van der Waals surface area (Å²) in [7, 11) is 0. The van der Waals surface area contributed by atoms with Gasteiger partial charge in [-0.05, 0) is 41.5 Å². The van der Waals surface area contributed by atoms with Gasteiger partial charge >= 0.3 is 71.6 Å². The van der Waals surface area contributed by atoms with Crippen molar-refractivity contribution in [1.29, 1.82) is 0 Å². The van der Waals surface area contributed by atoms with Gasteiger partial charge in [0.05, 0.1) is 0 Å². The second-order valence-corrected chi connectivity index (χ2v) is 12.8. The van der Waals surface area contributed by atoms with Crippen molar-refractivity contribution in [2.75, 3.05) is 81.5 Å². The molecule has 0 radical (unpaired) electrons. The Balaban J connectivity index is -0.0000000135. The first-order valence-electron chi connectivity index (χ1n) is 23.0. The fourth-order valence-corrected chi connectivity index (χ4v) is 1.83. The highest BCUT2D eigenvalue weighted by molar-refractivity contribution is 5.89. The lowest BCUT2D eigenvalue weighted by molar-refractivity contribution is -0.147. The third-order valence-corrected chi connectivity index (χ3v) is 5.51. The molecule has 0 aromatic rings. The molecule has 0 aliphatic rings. The average molecular weight is 1790 g/mol. The second kappa shape index (κ2) is 232. The predicted octanol–water partition coefficient (Wildman–Crippen LogP) is 17.4. The van der Waals surface area contributed by atoms with Gasteiger partial charge in [-0.1, -0.05) is 302 Å². The number of ether oxygens (including phenoxy) is 12. The summed E-state index contributed by atoms with van der Waals surface area (Å²) in [5, 5.41) is 95.3. The maximum absolute atomic E-state index is 10.3. The van der Waals surface area contributed by atoms with Crippen LogP contribution in [0.1, 0.15) is 264 Å². The van der Waals surface area contributed by atoms with Crippen LogP contribution >= 0.6 is 0 Å². The highest BCUT2D eigenvalue weighted by atomic mass is 16.7. The summed E-state index contributed by atoms with van der Waals surface area (Å²) in [6.07, 6.45) is 5.89. The van der Waals surface area contributed by atoms with Gasteiger partial charge < -0.3 is 118 Å². The molecule has 36 heteroatoms. The van der Waals surface area contributed by atoms with E-state index in [9.17, 15) is 57.5 Å². The molecule has 120 heavy (non-hydrogen) atoms. The molecule has 12 N–H and O–H groups in total. The van der Waals surface area contributed by atoms with Gasteiger partial charge in [0.15, 0.2) is 81.5 Å². The molecular weight excluding hydrogens is 1580 g/mol. The van der Waals surface area contributed by atoms with Gasteiger partial charge in [0.2, 0.25) is 0 Å². The molecule has 0 aromatic carbocycles. The van der Waals surface area contributed by atoms with Crippen molar-refractivity contribution in [2.45, 2.75) is 264 Å². The third kappa shape index (κ3) is 322. The molecule has 0 saturated heterocycles. The molecule has 0 saturated carbocycles. The smallest absolute Gasteiger partial charge is 0.335 e. The maximum Gasteiger partial charge on any atom is 0.335 e. The summed E-state index contributed by atoms with van der Waals surface area (Å²) < 4.78 is 48.7. The molecule has 0 aromatic heterocycles. The Morgan fingerprint density at radius 3 is 0.242 bits per heavy atom. The summed E-state index contributed by atoms with van der Waals surface area (Å²) in [6.45, 7) is 40.4. The number of rotatable bonds is 24. The van der Waals surface area contributed by atoms with E-state index in [4.69, 9.17) is 61.3 Å². The van der Waals surface area contributed by atoms with Crippen molar-refractivity contribution in [3.8, 4) is 0 Å². The summed E-state index contributed by atoms with van der Waals surface area (Å²) in [6, 6.07) is 0. The summed E-state index contributed by atoms with van der Waals surface area (Å²) in [5.74, 6) is -7.03. The van der Waals surface area contributed by atoms with Crippen LogP contribution < -0.4 is 0 Å². The second-order valence-electron chi connectivity index (χ2n) is 12.8. The Morgan fingerprint density at radius 1 is 0.167 bits per heavy atom. The molecule has 0 spiro atoms. The Bertz CT molecular complexity index is 1800. The van der Waals surface area contributed by atoms with Crippen molar-refractivity contribution in [2.24, 2.45) is 0 Å². The minimum Gasteiger partial charge on any atom is -0.436 e. The van der Waals surface area contributed by atoms with Crippen molar-refractivity contribution < 1.29 is 176 Å². The topological polar surface area (TPSA) is 558 Å². The monoisotopic (exact) mass is 1790 g/mol. The van der Waals surface area contributed by atoms with E-state index in [-0.39, 0.29) is 223 Å². The molecular formula is C84H204O36. The van der Waals surface area contributed by atoms with Crippen LogP contribution in [0.15, 0.2) is 149 Å². The Labute approximate surface area is 739 Å². The number of carbonyl (C=O) groups excluding carboxylic acids is 12. The van der Waals surface area contributed by atoms with Gasteiger partial charge in [-0.15, -0.1) is 0 Å². The van der Waals surface area contributed by atoms with Crippen LogP contribution in [0.3, 0.4) is 0 Å². The number of aliphatic hydroxyl groups excluding tert-OH is 12. The number of esters is 12. The Hall–Kier alpha value is -9.96. The van der Waals surface area contributed by atoms with Crippen molar-refractivity contribution in [1.82, 2.24) is 0 Å². The fourth-order valence-electron chi connectivity index (χ4n) is 1.83. The molecule has 0 aliphatic heterocycles. The van der Waals surface area contributed by atoms with E-state index < -0.39 is 153 Å². The van der Waals surface area contributed by atoms with Crippen molar-refractivity contribution >= 4 is 71.6 Å². The van der Waals surface area contributed by atoms with Crippen molar-refractivity contribution in [3.05, 3.63) is 149 Å². The summed E-state index contributed by atoms with van der Waals surface area (Å²) >= 11 is 0. The molecule has 0 amide bonds. The van der Waals surface area contributed by atoms with E-state index in [2.05, 4.69) is 136 Å². The lowest BCUT2D eigenvalue weighted by Crippen LogP contribution is -2.04. The summed E-state index contributed by atoms with van der Waals surface area (Å²) in [4.78, 5) is 121. The first kappa shape index (κ1) is 283. The van der Waals surface area contributed by atoms with Crippen LogP contribution in [0, 0.1) is 0 Å². The van der Waals surface area contributed by atoms with Crippen LogP contribution in [-0.4, -0.2) is 214 Å². The quantitative estimate of drug-likeness (QED) is 0.0185. The molecule has 0 unspecified atom stereocenters. The molecule has 0 atom stereocenters. The molecule has 0 bridgehead atoms. The molecule has 0 aliphatic carbocycles. The zero-order chi connectivity index (χ0) is 73.6. The van der Waals surface area contributed by atoms with Crippen LogP contribution in [0.2, 0.25) is 0 Å². The first-order valence-corrected chi connectivity index (χ1v) is 23.0. The third-order valence-electron chi connectivity index (χ3n) is 5.51. The van der Waals surface area contributed by atoms with E-state index in [0.29, 0.717) is 33.4 Å². The Kier molecular flexibility index (Phi) is 547. The van der Waals surface area contributed by atoms with E-state index >= 15 is 0 Å². The lowest BCUT2D eigenvalue weighted by atomic mass is 10.4. The standard InChI is InChI=1S/6C5H8O3.6C4H6O3.30CH4/c6*1-4(2)5(7)8-3-6;6*1-2-4(6)7-3-5;;;;;;;;;;;;;;;;;;;;;;;;;;;;;;/h6*6H,1,3H2,2H3;6*2,5H,1,3H2;30*1H4. The van der Waals surface area contributed by atoms with Crippen LogP contribution in [-0.2, 0) is 114 Å². The molecule has 0 rings (SSSR count). The van der Waals surface area contributed by atoms with Gasteiger partial charge in [-0.3, -0.25) is 0 Å². The largest absolute Gasteiger partial charge is 0.436 e. The summed E-state index contributed by atoms with van der Waals surface area (Å²) in [5.41, 5.74) is 1.74. The van der Waals surface area contributed by atoms with E-state index in [1.165, 1.54) is 41.5 Å². The average Bonchev–Trinajstić information content (AvgIpc) is 1.05. The van der Waals surface area contributed by atoms with Gasteiger partial charge in [0.1, 0.15) is 0 Å². The SMILES string of the molecule is C.C.C.C.C.C.C.C.C.C.C.C.C.C.C.C.C.C.C.C.C.C.C.C.C.C.C.C.C.C.C=C(C)C(=O)OCO.C=C(C)C(=O)OCO.C=C(C)C(=O)OCO.C=C(C)C(=O)OCO.C=C(C)C(=O)OCO.C=C(C)C(=O)OCO.C=CC(=O)OCO.C=CC(=O)OCO.C=CC(=O)OCO.C=CC(=O)OCO.C=CC(=O)OCO.C=CC(=O)OCO. The first-order chi connectivity index (χ1) is 41.9. The molecule has 0 heterocycles. The lowest BCUT2D eigenvalue weighted by Gasteiger charge is -1.95. The van der Waals surface area contributed by atoms with Gasteiger partial charge in [-0.25, -0.2) is 57.5 Å². The van der Waals surface area contributed by atoms with Gasteiger partial charge in [-0.2, -0.15) is 0 Å². The van der Waals surface area contributed by atoms with Crippen LogP contribution in [0.25, 0.3) is 0 Å². The predicted molar refractivity (Wildman–Crippen MR) is 510 cm³/mol. The van der Waals surface area contributed by atoms with Crippen LogP contribution in [0.4, 0.5) is 0 Å². The van der Waals surface area contributed by atoms with Gasteiger partial charge in [0, 0.05) is 69.9 Å². The zero-order valence-electron chi connectivity index (χ0n) is 50.6. The number of hydrogen-bond acceptors (Lipinski definition) is 36. The van der Waals surface area contributed by atoms with Gasteiger partial charge in [0.25, 0.3) is 0 Å². The van der Waals surface area contributed by atoms with Crippen LogP contribution in [0.5, 0.6) is 0 Å². The van der Waals surface area contributed by atoms with E-state index in [0.717, 1.165) is 36.5 Å². The Morgan fingerprint density at radius 2 is 0.225 bits per heavy atom. The van der Waals surface area contributed by atoms with E-state index in [1.54, 1.807) is 0 Å². The number of aliphatic hydroxyl groups is 12. The minimum absolute atomic E-state index is 0. The number of hydrogen-bond donors (Lipinski definition) is 12. The zero-order valence-corrected chi connectivity index (χ0v) is 50.6. The normalized spacial score (nSPS) is 5.95. The minimum atomic E-state index is -0.609. The molecule has 36 nitrogen and oxygen atoms in total. The number of carbonyl (C=O) groups is 12. The maximum atomic E-state index is 10.3. The highest BCUT2D eigenvalue weighted by Gasteiger charge is 2.03. The van der Waals surface area contributed by atoms with E-state index in [1.807, 2.05) is 0 Å². The van der Waals surface area contributed by atoms with Crippen molar-refractivity contribution in [3.63, 3.8) is 0 Å². The highest BCUT2D eigenvalue weighted by Crippen LogP contribution is 1.93. The molecule has 756 valence electrons.